The summed E-state index contributed by atoms with van der Waals surface area (Å²) in [5, 5.41) is 11.4. The molecule has 0 atom stereocenters. The number of methoxy groups -OCH3 is 3. The Morgan fingerprint density at radius 1 is 0.516 bits per heavy atom. The molecule has 0 aliphatic carbocycles. The summed E-state index contributed by atoms with van der Waals surface area (Å²) < 4.78 is 172. The summed E-state index contributed by atoms with van der Waals surface area (Å²) in [4.78, 5) is 59.2. The number of halogens is 17. The molecule has 33 heteroatoms. The second-order valence-corrected chi connectivity index (χ2v) is 15.7. The first kappa shape index (κ1) is 110. The van der Waals surface area contributed by atoms with Gasteiger partial charge in [0.05, 0.1) is 33.6 Å². The van der Waals surface area contributed by atoms with Crippen molar-refractivity contribution in [2.75, 3.05) is 75.7 Å². The van der Waals surface area contributed by atoms with Crippen LogP contribution in [-0.4, -0.2) is 134 Å². The molecule has 0 bridgehead atoms. The van der Waals surface area contributed by atoms with Gasteiger partial charge in [0.25, 0.3) is 0 Å². The van der Waals surface area contributed by atoms with Gasteiger partial charge in [-0.25, -0.2) is 65.9 Å². The van der Waals surface area contributed by atoms with Crippen molar-refractivity contribution in [1.82, 2.24) is 6.15 Å². The van der Waals surface area contributed by atoms with E-state index in [1.807, 2.05) is 6.92 Å². The predicted octanol–water partition coefficient (Wildman–Crippen LogP) is 12.7. The maximum absolute atomic E-state index is 12.9. The number of ether oxygens (including phenoxy) is 3. The maximum Gasteiger partial charge on any atom is 1.00 e. The number of carbonyl (C=O) groups is 5. The fraction of sp³-hybridized carbons (Fsp3) is 0.379. The van der Waals surface area contributed by atoms with Crippen LogP contribution in [0.3, 0.4) is 0 Å². The summed E-state index contributed by atoms with van der Waals surface area (Å²) in [5.74, 6) is -2.26. The Bertz CT molecular complexity index is 2290. The minimum absolute atomic E-state index is 0. The van der Waals surface area contributed by atoms with Crippen LogP contribution in [-0.2, 0) is 55.3 Å². The normalized spacial score (nSPS) is 8.67. The third-order valence-electron chi connectivity index (χ3n) is 8.12. The van der Waals surface area contributed by atoms with Crippen LogP contribution in [0.15, 0.2) is 131 Å². The van der Waals surface area contributed by atoms with E-state index in [1.165, 1.54) is 118 Å². The molecule has 91 heavy (non-hydrogen) atoms. The number of ketones is 1. The number of oxime groups is 1. The van der Waals surface area contributed by atoms with Gasteiger partial charge in [-0.3, -0.25) is 24.0 Å². The van der Waals surface area contributed by atoms with Crippen molar-refractivity contribution in [2.24, 2.45) is 10.9 Å². The van der Waals surface area contributed by atoms with Gasteiger partial charge in [0, 0.05) is 79.2 Å². The Morgan fingerprint density at radius 2 is 0.791 bits per heavy atom. The maximum atomic E-state index is 12.9. The number of carbonyl (C=O) groups excluding carboxylic acids is 5. The zero-order valence-electron chi connectivity index (χ0n) is 50.9. The van der Waals surface area contributed by atoms with Crippen molar-refractivity contribution in [3.05, 3.63) is 178 Å². The summed E-state index contributed by atoms with van der Waals surface area (Å²) in [7, 11) is 3.98. The molecule has 0 aliphatic rings. The van der Waals surface area contributed by atoms with Crippen LogP contribution in [0.2, 0.25) is 0 Å². The molecule has 5 aromatic carbocycles. The van der Waals surface area contributed by atoms with Gasteiger partial charge in [0.1, 0.15) is 24.1 Å². The van der Waals surface area contributed by atoms with Crippen LogP contribution in [0.4, 0.5) is 65.9 Å². The van der Waals surface area contributed by atoms with E-state index in [-0.39, 0.29) is 146 Å². The van der Waals surface area contributed by atoms with E-state index in [1.54, 1.807) is 24.3 Å². The number of alkyl halides is 10. The molecule has 0 fully saturated rings. The average molecular weight is 1450 g/mol. The number of aliphatic hydroxyl groups is 1. The number of Topliss-reactive ketones (excluding diaryl/α,β-unsaturated/α-hetero) is 1. The first-order valence-corrected chi connectivity index (χ1v) is 25.9. The molecule has 0 unspecified atom stereocenters. The van der Waals surface area contributed by atoms with Crippen LogP contribution in [0, 0.1) is 41.2 Å². The summed E-state index contributed by atoms with van der Waals surface area (Å²) in [6.07, 6.45) is 4.27. The molecule has 5 aromatic rings. The molecule has 0 heterocycles. The Balaban J connectivity index is -0.0000000904. The molecule has 6 N–H and O–H groups in total. The van der Waals surface area contributed by atoms with E-state index in [9.17, 15) is 89.8 Å². The fourth-order valence-electron chi connectivity index (χ4n) is 4.51. The number of esters is 3. The predicted molar refractivity (Wildman–Crippen MR) is 315 cm³/mol. The average Bonchev–Trinajstić information content (AvgIpc) is 3.72. The van der Waals surface area contributed by atoms with Crippen LogP contribution in [0.5, 0.6) is 0 Å². The van der Waals surface area contributed by atoms with Gasteiger partial charge >= 0.3 is 53.8 Å². The van der Waals surface area contributed by atoms with E-state index >= 15 is 0 Å². The summed E-state index contributed by atoms with van der Waals surface area (Å²) in [5.41, 5.74) is 6.75. The summed E-state index contributed by atoms with van der Waals surface area (Å²) in [6.45, 7) is -5.76. The van der Waals surface area contributed by atoms with Crippen molar-refractivity contribution in [3.63, 3.8) is 0 Å². The topological polar surface area (TPSA) is 216 Å². The van der Waals surface area contributed by atoms with Crippen molar-refractivity contribution in [1.29, 1.82) is 0 Å². The Morgan fingerprint density at radius 3 is 1.04 bits per heavy atom. The zero-order chi connectivity index (χ0) is 67.9. The standard InChI is InChI=1S/C15H20FNO3.C12H13FO3.C6H4BrF.C6H9ClO3.2C6H4F.C2H7NO.5CH2F2.Cu.2Li.H3N/c1-3-11-20-17-14(5-4-6-15(18)19-2)12-7-9-13(16)10-8-12;1-16-12(15)4-2-3-11(14)9-5-7-10(13)8-6-9;7-5-1-3-6(8)4-2-5;1-10-6(9)4-2-3-5(7)8;2*7-6-4-2-1-3-5-6;3-1-2-4;5*2-1-3;;;;/h7-10H,3-6,11H2,1-2H3;5-8H,2-4H2,1H3;1-4H;2-4H2,1H3;2*2-5H;4H,1-3H2;5*1H2;;;;1H3/q;;;;2*-1;;;;;;;+1;;+1;/b17-14+;;;;;;;;;;;;;;;. The number of rotatable bonds is 18. The SMILES string of the molecule is CCCO/N=C(\CCCC(=O)OC)c1ccc(F)cc1.COC(=O)CCCC(=O)Cl.COC(=O)CCCC(=O)c1ccc(F)cc1.FCF.FCF.FCF.FCF.FCF.Fc1cc[c-]cc1.Fc1cc[c-]cc1.Fc1ccc(Br)cc1.N.NCCO.[Cu+].[Li+].[Li]. The van der Waals surface area contributed by atoms with E-state index in [2.05, 4.69) is 47.4 Å². The van der Waals surface area contributed by atoms with Crippen molar-refractivity contribution < 1.29 is 150 Å². The third kappa shape index (κ3) is 93.5. The van der Waals surface area contributed by atoms with Gasteiger partial charge in [-0.1, -0.05) is 40.1 Å². The third-order valence-corrected chi connectivity index (χ3v) is 8.84. The molecular weight excluding hydrogens is 1380 g/mol. The van der Waals surface area contributed by atoms with E-state index in [4.69, 9.17) is 27.3 Å². The molecule has 0 aromatic heterocycles. The molecule has 0 aliphatic heterocycles. The number of nitrogens with zero attached hydrogens (tertiary/aromatic N) is 1. The number of nitrogens with two attached hydrogens (primary N) is 1. The quantitative estimate of drug-likeness (QED) is 0.00714. The largest absolute Gasteiger partial charge is 1.00 e. The minimum Gasteiger partial charge on any atom is -0.469 e. The molecule has 0 amide bonds. The molecular formula is C58H74BrClCuF15Li2N3O10. The van der Waals surface area contributed by atoms with Gasteiger partial charge in [0.2, 0.25) is 39.9 Å². The van der Waals surface area contributed by atoms with Crippen LogP contribution in [0.25, 0.3) is 0 Å². The number of hydrogen-bond donors (Lipinski definition) is 3. The molecule has 0 spiro atoms. The Labute approximate surface area is 569 Å². The first-order valence-electron chi connectivity index (χ1n) is 24.7. The number of hydrogen-bond acceptors (Lipinski definition) is 13. The van der Waals surface area contributed by atoms with Crippen LogP contribution in [0.1, 0.15) is 87.1 Å². The fourth-order valence-corrected chi connectivity index (χ4v) is 4.91. The second-order valence-electron chi connectivity index (χ2n) is 14.3. The second kappa shape index (κ2) is 88.8. The number of benzene rings is 5. The van der Waals surface area contributed by atoms with Gasteiger partial charge in [-0.2, -0.15) is 36.4 Å². The summed E-state index contributed by atoms with van der Waals surface area (Å²) in [6, 6.07) is 34.6. The van der Waals surface area contributed by atoms with Crippen molar-refractivity contribution >= 4 is 81.0 Å². The molecule has 0 saturated carbocycles. The number of aliphatic hydroxyl groups excluding tert-OH is 1. The van der Waals surface area contributed by atoms with Crippen molar-refractivity contribution in [3.8, 4) is 0 Å². The van der Waals surface area contributed by atoms with Gasteiger partial charge < -0.3 is 36.0 Å². The monoisotopic (exact) mass is 1450 g/mol. The van der Waals surface area contributed by atoms with Crippen molar-refractivity contribution in [2.45, 2.75) is 71.1 Å². The van der Waals surface area contributed by atoms with E-state index in [0.29, 0.717) is 56.5 Å². The molecule has 513 valence electrons. The van der Waals surface area contributed by atoms with Crippen LogP contribution < -0.4 is 30.7 Å². The first-order chi connectivity index (χ1) is 41.5. The Kier molecular flexibility index (Phi) is 107. The van der Waals surface area contributed by atoms with Gasteiger partial charge in [0.15, 0.2) is 5.78 Å². The van der Waals surface area contributed by atoms with E-state index in [0.717, 1.165) is 16.5 Å². The smallest absolute Gasteiger partial charge is 0.469 e. The zero-order valence-corrected chi connectivity index (χ0v) is 54.1. The van der Waals surface area contributed by atoms with E-state index < -0.39 is 39.9 Å². The molecule has 13 nitrogen and oxygen atoms in total. The van der Waals surface area contributed by atoms with Gasteiger partial charge in [-0.15, -0.1) is 24.3 Å². The Hall–Kier alpha value is -5.37. The summed E-state index contributed by atoms with van der Waals surface area (Å²) >= 11 is 8.19. The molecule has 5 rings (SSSR count). The van der Waals surface area contributed by atoms with Gasteiger partial charge in [-0.05, 0) is 110 Å². The van der Waals surface area contributed by atoms with Crippen LogP contribution >= 0.6 is 27.5 Å². The molecule has 1 radical (unpaired) electrons. The minimum atomic E-state index is -1.75. The molecule has 0 saturated heterocycles.